The van der Waals surface area contributed by atoms with Crippen molar-refractivity contribution in [2.75, 3.05) is 0 Å². The van der Waals surface area contributed by atoms with Crippen LogP contribution in [-0.4, -0.2) is 17.1 Å². The molecule has 1 N–H and O–H groups in total. The maximum Gasteiger partial charge on any atom is 0.417 e. The first kappa shape index (κ1) is 28.7. The number of pyridine rings is 1. The number of aromatic nitrogens is 1. The molecular weight excluding hydrogens is 572 g/mol. The predicted molar refractivity (Wildman–Crippen MR) is 126 cm³/mol. The van der Waals surface area contributed by atoms with Gasteiger partial charge in [0.15, 0.2) is 0 Å². The maximum absolute atomic E-state index is 14.9. The standard InChI is InChI=1S/C24H14Cl3F7N2O/c25-18-8-13(9-19(26)21(18)27)16(23(29,30)31)10-20(28)12-4-5-15(17(7-12)24(32,33)34)22(37)36-11-14-3-1-2-6-35-14/h1-10,16H,11H2,(H,36,37). The fourth-order valence-electron chi connectivity index (χ4n) is 3.27. The summed E-state index contributed by atoms with van der Waals surface area (Å²) in [5.41, 5.74) is -3.41. The number of rotatable bonds is 6. The summed E-state index contributed by atoms with van der Waals surface area (Å²) in [7, 11) is 0. The SMILES string of the molecule is O=C(NCc1ccccn1)c1ccc(C(F)=CC(c2cc(Cl)c(Cl)c(Cl)c2)C(F)(F)F)cc1C(F)(F)F. The van der Waals surface area contributed by atoms with Crippen molar-refractivity contribution in [1.82, 2.24) is 10.3 Å². The number of carbonyl (C=O) groups is 1. The third kappa shape index (κ3) is 7.15. The average Bonchev–Trinajstić information content (AvgIpc) is 2.83. The van der Waals surface area contributed by atoms with E-state index in [1.54, 1.807) is 12.1 Å². The molecule has 0 bridgehead atoms. The maximum atomic E-state index is 14.9. The van der Waals surface area contributed by atoms with E-state index in [9.17, 15) is 35.5 Å². The Balaban J connectivity index is 1.99. The van der Waals surface area contributed by atoms with E-state index < -0.39 is 52.3 Å². The lowest BCUT2D eigenvalue weighted by Gasteiger charge is -2.19. The Kier molecular flexibility index (Phi) is 8.77. The molecule has 1 unspecified atom stereocenters. The minimum atomic E-state index is -5.12. The lowest BCUT2D eigenvalue weighted by molar-refractivity contribution is -0.140. The number of hydrogen-bond donors (Lipinski definition) is 1. The molecule has 13 heteroatoms. The Hall–Kier alpha value is -2.82. The topological polar surface area (TPSA) is 42.0 Å². The largest absolute Gasteiger partial charge is 0.417 e. The van der Waals surface area contributed by atoms with Crippen molar-refractivity contribution in [2.45, 2.75) is 24.8 Å². The first-order valence-corrected chi connectivity index (χ1v) is 11.3. The molecule has 3 rings (SSSR count). The van der Waals surface area contributed by atoms with Gasteiger partial charge in [-0.1, -0.05) is 46.9 Å². The molecule has 1 aromatic heterocycles. The van der Waals surface area contributed by atoms with Gasteiger partial charge in [0.2, 0.25) is 0 Å². The average molecular weight is 586 g/mol. The van der Waals surface area contributed by atoms with E-state index in [4.69, 9.17) is 34.8 Å². The molecule has 3 nitrogen and oxygen atoms in total. The fourth-order valence-corrected chi connectivity index (χ4v) is 3.88. The second-order valence-corrected chi connectivity index (χ2v) is 8.79. The van der Waals surface area contributed by atoms with Crippen molar-refractivity contribution in [1.29, 1.82) is 0 Å². The summed E-state index contributed by atoms with van der Waals surface area (Å²) < 4.78 is 97.3. The predicted octanol–water partition coefficient (Wildman–Crippen LogP) is 8.65. The van der Waals surface area contributed by atoms with Gasteiger partial charge in [-0.05, 0) is 48.0 Å². The lowest BCUT2D eigenvalue weighted by atomic mass is 9.95. The van der Waals surface area contributed by atoms with Crippen molar-refractivity contribution in [2.24, 2.45) is 0 Å². The Morgan fingerprint density at radius 3 is 2.16 bits per heavy atom. The quantitative estimate of drug-likeness (QED) is 0.232. The monoisotopic (exact) mass is 584 g/mol. The summed E-state index contributed by atoms with van der Waals surface area (Å²) in [5.74, 6) is -5.36. The van der Waals surface area contributed by atoms with Crippen LogP contribution in [0.1, 0.15) is 38.7 Å². The molecule has 37 heavy (non-hydrogen) atoms. The minimum Gasteiger partial charge on any atom is -0.346 e. The zero-order chi connectivity index (χ0) is 27.5. The Labute approximate surface area is 220 Å². The number of halogens is 10. The number of nitrogens with zero attached hydrogens (tertiary/aromatic N) is 1. The third-order valence-corrected chi connectivity index (χ3v) is 6.23. The van der Waals surface area contributed by atoms with Crippen molar-refractivity contribution >= 4 is 46.5 Å². The summed E-state index contributed by atoms with van der Waals surface area (Å²) >= 11 is 17.3. The first-order chi connectivity index (χ1) is 17.2. The van der Waals surface area contributed by atoms with Crippen molar-refractivity contribution in [3.05, 3.63) is 104 Å². The van der Waals surface area contributed by atoms with Gasteiger partial charge in [-0.2, -0.15) is 26.3 Å². The van der Waals surface area contributed by atoms with Crippen LogP contribution in [0.5, 0.6) is 0 Å². The lowest BCUT2D eigenvalue weighted by Crippen LogP contribution is -2.26. The number of amides is 1. The van der Waals surface area contributed by atoms with Crippen LogP contribution >= 0.6 is 34.8 Å². The molecule has 0 saturated carbocycles. The summed E-state index contributed by atoms with van der Waals surface area (Å²) in [4.78, 5) is 16.4. The van der Waals surface area contributed by atoms with Gasteiger partial charge in [-0.3, -0.25) is 9.78 Å². The zero-order valence-corrected chi connectivity index (χ0v) is 20.5. The van der Waals surface area contributed by atoms with E-state index in [-0.39, 0.29) is 33.8 Å². The number of allylic oxidation sites excluding steroid dienone is 1. The highest BCUT2D eigenvalue weighted by molar-refractivity contribution is 6.48. The molecule has 2 aromatic carbocycles. The van der Waals surface area contributed by atoms with Crippen LogP contribution in [0.4, 0.5) is 30.7 Å². The van der Waals surface area contributed by atoms with Crippen molar-refractivity contribution in [3.63, 3.8) is 0 Å². The van der Waals surface area contributed by atoms with Gasteiger partial charge in [0, 0.05) is 11.8 Å². The summed E-state index contributed by atoms with van der Waals surface area (Å²) in [6.07, 6.45) is -8.66. The Morgan fingerprint density at radius 1 is 0.973 bits per heavy atom. The fraction of sp³-hybridized carbons (Fsp3) is 0.167. The molecule has 1 heterocycles. The number of carbonyl (C=O) groups excluding carboxylic acids is 1. The molecule has 1 amide bonds. The smallest absolute Gasteiger partial charge is 0.346 e. The number of alkyl halides is 6. The van der Waals surface area contributed by atoms with Gasteiger partial charge in [-0.25, -0.2) is 4.39 Å². The van der Waals surface area contributed by atoms with Crippen LogP contribution in [0.2, 0.25) is 15.1 Å². The van der Waals surface area contributed by atoms with Crippen LogP contribution < -0.4 is 5.32 Å². The highest BCUT2D eigenvalue weighted by Gasteiger charge is 2.41. The summed E-state index contributed by atoms with van der Waals surface area (Å²) in [6.45, 7) is -0.188. The van der Waals surface area contributed by atoms with E-state index in [1.807, 2.05) is 0 Å². The number of nitrogens with one attached hydrogen (secondary N) is 1. The second kappa shape index (κ2) is 11.3. The van der Waals surface area contributed by atoms with Crippen LogP contribution in [0.15, 0.2) is 60.8 Å². The molecule has 196 valence electrons. The summed E-state index contributed by atoms with van der Waals surface area (Å²) in [5, 5.41) is 1.40. The highest BCUT2D eigenvalue weighted by Crippen LogP contribution is 2.42. The number of hydrogen-bond acceptors (Lipinski definition) is 2. The molecule has 0 aliphatic carbocycles. The molecule has 0 fully saturated rings. The molecule has 0 spiro atoms. The van der Waals surface area contributed by atoms with E-state index in [1.165, 1.54) is 12.3 Å². The molecule has 0 radical (unpaired) electrons. The molecule has 3 aromatic rings. The Bertz CT molecular complexity index is 1300. The van der Waals surface area contributed by atoms with E-state index in [0.29, 0.717) is 11.8 Å². The van der Waals surface area contributed by atoms with E-state index >= 15 is 0 Å². The normalized spacial score (nSPS) is 13.4. The van der Waals surface area contributed by atoms with Gasteiger partial charge in [-0.15, -0.1) is 0 Å². The first-order valence-electron chi connectivity index (χ1n) is 10.2. The molecule has 1 atom stereocenters. The molecule has 0 saturated heterocycles. The van der Waals surface area contributed by atoms with Gasteiger partial charge < -0.3 is 5.32 Å². The van der Waals surface area contributed by atoms with Crippen molar-refractivity contribution in [3.8, 4) is 0 Å². The van der Waals surface area contributed by atoms with E-state index in [2.05, 4.69) is 10.3 Å². The zero-order valence-electron chi connectivity index (χ0n) is 18.2. The number of benzene rings is 2. The Morgan fingerprint density at radius 2 is 1.62 bits per heavy atom. The van der Waals surface area contributed by atoms with Gasteiger partial charge in [0.05, 0.1) is 38.4 Å². The molecular formula is C24H14Cl3F7N2O. The minimum absolute atomic E-state index is 0.0895. The third-order valence-electron chi connectivity index (χ3n) is 5.03. The second-order valence-electron chi connectivity index (χ2n) is 7.59. The van der Waals surface area contributed by atoms with Crippen LogP contribution in [0.3, 0.4) is 0 Å². The van der Waals surface area contributed by atoms with E-state index in [0.717, 1.165) is 18.2 Å². The van der Waals surface area contributed by atoms with Crippen LogP contribution in [0, 0.1) is 0 Å². The summed E-state index contributed by atoms with van der Waals surface area (Å²) in [6, 6.07) is 8.11. The van der Waals surface area contributed by atoms with Crippen LogP contribution in [0.25, 0.3) is 5.83 Å². The highest BCUT2D eigenvalue weighted by atomic mass is 35.5. The van der Waals surface area contributed by atoms with Gasteiger partial charge >= 0.3 is 12.4 Å². The molecule has 0 aliphatic heterocycles. The van der Waals surface area contributed by atoms with Crippen molar-refractivity contribution < 1.29 is 35.5 Å². The molecule has 0 aliphatic rings. The van der Waals surface area contributed by atoms with Gasteiger partial charge in [0.25, 0.3) is 5.91 Å². The van der Waals surface area contributed by atoms with Gasteiger partial charge in [0.1, 0.15) is 11.7 Å². The van der Waals surface area contributed by atoms with Crippen LogP contribution in [-0.2, 0) is 12.7 Å².